The van der Waals surface area contributed by atoms with Crippen molar-refractivity contribution < 1.29 is 0 Å². The van der Waals surface area contributed by atoms with Crippen LogP contribution in [0.15, 0.2) is 17.5 Å². The molecule has 0 bridgehead atoms. The van der Waals surface area contributed by atoms with E-state index in [1.807, 2.05) is 11.3 Å². The van der Waals surface area contributed by atoms with Crippen molar-refractivity contribution in [3.05, 3.63) is 22.4 Å². The Morgan fingerprint density at radius 1 is 1.62 bits per heavy atom. The van der Waals surface area contributed by atoms with Gasteiger partial charge in [-0.2, -0.15) is 0 Å². The minimum Gasteiger partial charge on any atom is -0.309 e. The molecule has 1 aromatic rings. The van der Waals surface area contributed by atoms with Gasteiger partial charge in [0.25, 0.3) is 0 Å². The molecule has 0 aliphatic heterocycles. The Morgan fingerprint density at radius 2 is 2.46 bits per heavy atom. The summed E-state index contributed by atoms with van der Waals surface area (Å²) in [6.07, 6.45) is 4.29. The van der Waals surface area contributed by atoms with E-state index in [4.69, 9.17) is 0 Å². The molecule has 0 amide bonds. The van der Waals surface area contributed by atoms with Gasteiger partial charge < -0.3 is 5.32 Å². The third-order valence-corrected chi connectivity index (χ3v) is 3.47. The first-order chi connectivity index (χ1) is 6.34. The lowest BCUT2D eigenvalue weighted by molar-refractivity contribution is 0.490. The Balaban J connectivity index is 1.66. The Bertz CT molecular complexity index is 239. The van der Waals surface area contributed by atoms with E-state index in [-0.39, 0.29) is 0 Å². The Labute approximate surface area is 84.2 Å². The summed E-state index contributed by atoms with van der Waals surface area (Å²) in [6.45, 7) is 3.34. The lowest BCUT2D eigenvalue weighted by atomic mass is 10.1. The molecule has 1 heterocycles. The van der Waals surface area contributed by atoms with E-state index in [2.05, 4.69) is 29.8 Å². The monoisotopic (exact) mass is 195 g/mol. The van der Waals surface area contributed by atoms with Crippen LogP contribution in [0, 0.1) is 5.92 Å². The van der Waals surface area contributed by atoms with Gasteiger partial charge in [0.2, 0.25) is 0 Å². The van der Waals surface area contributed by atoms with Crippen LogP contribution in [0.2, 0.25) is 0 Å². The van der Waals surface area contributed by atoms with E-state index in [9.17, 15) is 0 Å². The molecule has 1 saturated carbocycles. The molecule has 1 atom stereocenters. The number of hydrogen-bond acceptors (Lipinski definition) is 2. The third kappa shape index (κ3) is 3.12. The summed E-state index contributed by atoms with van der Waals surface area (Å²) in [7, 11) is 0. The molecule has 0 spiro atoms. The summed E-state index contributed by atoms with van der Waals surface area (Å²) in [5, 5.41) is 5.71. The maximum absolute atomic E-state index is 3.57. The van der Waals surface area contributed by atoms with Crippen molar-refractivity contribution in [2.75, 3.05) is 0 Å². The first-order valence-electron chi connectivity index (χ1n) is 5.10. The summed E-state index contributed by atoms with van der Waals surface area (Å²) >= 11 is 1.84. The van der Waals surface area contributed by atoms with Gasteiger partial charge >= 0.3 is 0 Å². The van der Waals surface area contributed by atoms with Crippen molar-refractivity contribution in [2.24, 2.45) is 5.92 Å². The minimum absolute atomic E-state index is 0.689. The maximum atomic E-state index is 3.57. The van der Waals surface area contributed by atoms with Crippen molar-refractivity contribution in [1.29, 1.82) is 0 Å². The predicted molar refractivity (Wildman–Crippen MR) is 58.0 cm³/mol. The van der Waals surface area contributed by atoms with Gasteiger partial charge in [0, 0.05) is 17.5 Å². The van der Waals surface area contributed by atoms with E-state index in [1.54, 1.807) is 0 Å². The van der Waals surface area contributed by atoms with Gasteiger partial charge in [0.05, 0.1) is 0 Å². The molecule has 1 aromatic heterocycles. The van der Waals surface area contributed by atoms with Crippen molar-refractivity contribution in [3.8, 4) is 0 Å². The second-order valence-corrected chi connectivity index (χ2v) is 5.07. The molecule has 1 aliphatic rings. The fourth-order valence-electron chi connectivity index (χ4n) is 1.62. The van der Waals surface area contributed by atoms with Crippen LogP contribution in [-0.4, -0.2) is 6.04 Å². The fraction of sp³-hybridized carbons (Fsp3) is 0.636. The van der Waals surface area contributed by atoms with Crippen LogP contribution in [-0.2, 0) is 6.54 Å². The second kappa shape index (κ2) is 4.25. The molecule has 1 nitrogen and oxygen atoms in total. The van der Waals surface area contributed by atoms with Crippen LogP contribution in [0.3, 0.4) is 0 Å². The first-order valence-corrected chi connectivity index (χ1v) is 5.98. The second-order valence-electron chi connectivity index (χ2n) is 4.04. The number of hydrogen-bond donors (Lipinski definition) is 1. The normalized spacial score (nSPS) is 18.8. The van der Waals surface area contributed by atoms with Gasteiger partial charge in [0.1, 0.15) is 0 Å². The van der Waals surface area contributed by atoms with Crippen LogP contribution in [0.5, 0.6) is 0 Å². The Kier molecular flexibility index (Phi) is 3.01. The highest BCUT2D eigenvalue weighted by molar-refractivity contribution is 7.09. The van der Waals surface area contributed by atoms with Crippen molar-refractivity contribution in [3.63, 3.8) is 0 Å². The molecule has 1 aliphatic carbocycles. The predicted octanol–water partition coefficient (Wildman–Crippen LogP) is 3.03. The average molecular weight is 195 g/mol. The molecular formula is C11H17NS. The van der Waals surface area contributed by atoms with Crippen LogP contribution in [0.25, 0.3) is 0 Å². The Hall–Kier alpha value is -0.340. The van der Waals surface area contributed by atoms with Gasteiger partial charge in [-0.05, 0) is 30.7 Å². The zero-order chi connectivity index (χ0) is 9.10. The van der Waals surface area contributed by atoms with Crippen LogP contribution in [0.4, 0.5) is 0 Å². The lowest BCUT2D eigenvalue weighted by Crippen LogP contribution is -2.25. The molecule has 0 radical (unpaired) electrons. The molecule has 1 N–H and O–H groups in total. The van der Waals surface area contributed by atoms with E-state index in [1.165, 1.54) is 24.1 Å². The van der Waals surface area contributed by atoms with Crippen molar-refractivity contribution >= 4 is 11.3 Å². The standard InChI is InChI=1S/C11H17NS/c1-9(7-10-4-5-10)12-8-11-3-2-6-13-11/h2-3,6,9-10,12H,4-5,7-8H2,1H3. The largest absolute Gasteiger partial charge is 0.309 e. The number of rotatable bonds is 5. The van der Waals surface area contributed by atoms with Crippen LogP contribution >= 0.6 is 11.3 Å². The third-order valence-electron chi connectivity index (χ3n) is 2.59. The molecule has 0 saturated heterocycles. The van der Waals surface area contributed by atoms with Gasteiger partial charge in [0.15, 0.2) is 0 Å². The van der Waals surface area contributed by atoms with Crippen molar-refractivity contribution in [2.45, 2.75) is 38.8 Å². The summed E-state index contributed by atoms with van der Waals surface area (Å²) in [5.74, 6) is 1.03. The van der Waals surface area contributed by atoms with Gasteiger partial charge in [-0.1, -0.05) is 18.9 Å². The van der Waals surface area contributed by atoms with Gasteiger partial charge in [-0.15, -0.1) is 11.3 Å². The van der Waals surface area contributed by atoms with Crippen LogP contribution < -0.4 is 5.32 Å². The average Bonchev–Trinajstić information content (AvgIpc) is 2.78. The number of nitrogens with one attached hydrogen (secondary N) is 1. The molecule has 1 fully saturated rings. The summed E-state index contributed by atoms with van der Waals surface area (Å²) in [4.78, 5) is 1.45. The summed E-state index contributed by atoms with van der Waals surface area (Å²) in [6, 6.07) is 5.00. The fourth-order valence-corrected chi connectivity index (χ4v) is 2.28. The van der Waals surface area contributed by atoms with E-state index in [0.29, 0.717) is 6.04 Å². The molecule has 1 unspecified atom stereocenters. The molecule has 2 rings (SSSR count). The lowest BCUT2D eigenvalue weighted by Gasteiger charge is -2.11. The Morgan fingerprint density at radius 3 is 3.08 bits per heavy atom. The summed E-state index contributed by atoms with van der Waals surface area (Å²) < 4.78 is 0. The molecule has 72 valence electrons. The maximum Gasteiger partial charge on any atom is 0.0302 e. The zero-order valence-electron chi connectivity index (χ0n) is 8.12. The van der Waals surface area contributed by atoms with E-state index in [0.717, 1.165) is 12.5 Å². The molecule has 0 aromatic carbocycles. The van der Waals surface area contributed by atoms with Gasteiger partial charge in [-0.25, -0.2) is 0 Å². The highest BCUT2D eigenvalue weighted by Crippen LogP contribution is 2.33. The van der Waals surface area contributed by atoms with Crippen LogP contribution in [0.1, 0.15) is 31.1 Å². The quantitative estimate of drug-likeness (QED) is 0.761. The molecule has 2 heteroatoms. The molecular weight excluding hydrogens is 178 g/mol. The molecule has 13 heavy (non-hydrogen) atoms. The number of thiophene rings is 1. The SMILES string of the molecule is CC(CC1CC1)NCc1cccs1. The topological polar surface area (TPSA) is 12.0 Å². The highest BCUT2D eigenvalue weighted by atomic mass is 32.1. The smallest absolute Gasteiger partial charge is 0.0302 e. The van der Waals surface area contributed by atoms with Gasteiger partial charge in [-0.3, -0.25) is 0 Å². The van der Waals surface area contributed by atoms with Crippen molar-refractivity contribution in [1.82, 2.24) is 5.32 Å². The highest BCUT2D eigenvalue weighted by Gasteiger charge is 2.23. The zero-order valence-corrected chi connectivity index (χ0v) is 8.94. The van der Waals surface area contributed by atoms with E-state index >= 15 is 0 Å². The first kappa shape index (κ1) is 9.22. The van der Waals surface area contributed by atoms with E-state index < -0.39 is 0 Å². The summed E-state index contributed by atoms with van der Waals surface area (Å²) in [5.41, 5.74) is 0. The minimum atomic E-state index is 0.689.